The molecule has 3 rings (SSSR count). The van der Waals surface area contributed by atoms with Gasteiger partial charge in [0, 0.05) is 37.5 Å². The lowest BCUT2D eigenvalue weighted by Crippen LogP contribution is -2.34. The van der Waals surface area contributed by atoms with E-state index in [4.69, 9.17) is 0 Å². The highest BCUT2D eigenvalue weighted by atomic mass is 79.9. The molecule has 2 aromatic heterocycles. The van der Waals surface area contributed by atoms with Gasteiger partial charge in [-0.1, -0.05) is 13.8 Å². The summed E-state index contributed by atoms with van der Waals surface area (Å²) in [6.07, 6.45) is 3.89. The van der Waals surface area contributed by atoms with E-state index in [-0.39, 0.29) is 0 Å². The van der Waals surface area contributed by atoms with Crippen molar-refractivity contribution < 1.29 is 0 Å². The Kier molecular flexibility index (Phi) is 3.26. The van der Waals surface area contributed by atoms with Crippen LogP contribution in [-0.2, 0) is 13.1 Å². The van der Waals surface area contributed by atoms with Gasteiger partial charge in [-0.15, -0.1) is 0 Å². The summed E-state index contributed by atoms with van der Waals surface area (Å²) < 4.78 is 3.03. The van der Waals surface area contributed by atoms with E-state index in [1.807, 2.05) is 18.5 Å². The normalized spacial score (nSPS) is 14.8. The zero-order valence-electron chi connectivity index (χ0n) is 11.0. The first-order valence-electron chi connectivity index (χ1n) is 6.43. The van der Waals surface area contributed by atoms with E-state index in [9.17, 15) is 0 Å². The molecule has 0 bridgehead atoms. The summed E-state index contributed by atoms with van der Waals surface area (Å²) in [7, 11) is 0. The van der Waals surface area contributed by atoms with Crippen molar-refractivity contribution in [3.8, 4) is 0 Å². The van der Waals surface area contributed by atoms with E-state index >= 15 is 0 Å². The standard InChI is InChI=1S/C13H16BrN5/c1-9(2)13-16-10(14)7-11(17-13)19-6-5-18-4-3-15-12(18)8-19/h3-4,7,9H,5-6,8H2,1-2H3. The molecule has 1 aliphatic rings. The maximum absolute atomic E-state index is 4.66. The van der Waals surface area contributed by atoms with Gasteiger partial charge in [-0.3, -0.25) is 0 Å². The molecule has 5 nitrogen and oxygen atoms in total. The fourth-order valence-corrected chi connectivity index (χ4v) is 2.60. The number of nitrogens with zero attached hydrogens (tertiary/aromatic N) is 5. The Bertz CT molecular complexity index is 592. The number of rotatable bonds is 2. The van der Waals surface area contributed by atoms with Crippen LogP contribution in [0.5, 0.6) is 0 Å². The molecular formula is C13H16BrN5. The smallest absolute Gasteiger partial charge is 0.134 e. The third-order valence-corrected chi connectivity index (χ3v) is 3.69. The Labute approximate surface area is 120 Å². The zero-order chi connectivity index (χ0) is 13.4. The maximum Gasteiger partial charge on any atom is 0.134 e. The topological polar surface area (TPSA) is 46.8 Å². The lowest BCUT2D eigenvalue weighted by atomic mass is 10.2. The highest BCUT2D eigenvalue weighted by Gasteiger charge is 2.19. The zero-order valence-corrected chi connectivity index (χ0v) is 12.6. The van der Waals surface area contributed by atoms with E-state index in [1.165, 1.54) is 0 Å². The van der Waals surface area contributed by atoms with Gasteiger partial charge >= 0.3 is 0 Å². The van der Waals surface area contributed by atoms with Crippen molar-refractivity contribution in [2.75, 3.05) is 11.4 Å². The first-order chi connectivity index (χ1) is 9.13. The summed E-state index contributed by atoms with van der Waals surface area (Å²) in [5.74, 6) is 3.26. The average Bonchev–Trinajstić information content (AvgIpc) is 2.85. The fourth-order valence-electron chi connectivity index (χ4n) is 2.21. The lowest BCUT2D eigenvalue weighted by molar-refractivity contribution is 0.554. The van der Waals surface area contributed by atoms with Crippen molar-refractivity contribution in [2.24, 2.45) is 0 Å². The lowest BCUT2D eigenvalue weighted by Gasteiger charge is -2.29. The summed E-state index contributed by atoms with van der Waals surface area (Å²) in [4.78, 5) is 15.7. The number of hydrogen-bond acceptors (Lipinski definition) is 4. The first kappa shape index (κ1) is 12.6. The van der Waals surface area contributed by atoms with Crippen LogP contribution in [0.25, 0.3) is 0 Å². The minimum Gasteiger partial charge on any atom is -0.347 e. The van der Waals surface area contributed by atoms with Gasteiger partial charge in [0.05, 0.1) is 6.54 Å². The third kappa shape index (κ3) is 2.49. The molecule has 0 unspecified atom stereocenters. The molecule has 0 fully saturated rings. The second kappa shape index (κ2) is 4.92. The van der Waals surface area contributed by atoms with Crippen LogP contribution in [-0.4, -0.2) is 26.1 Å². The van der Waals surface area contributed by atoms with E-state index < -0.39 is 0 Å². The minimum atomic E-state index is 0.322. The second-order valence-corrected chi connectivity index (χ2v) is 5.83. The van der Waals surface area contributed by atoms with Gasteiger partial charge in [0.25, 0.3) is 0 Å². The van der Waals surface area contributed by atoms with Crippen LogP contribution in [0.3, 0.4) is 0 Å². The van der Waals surface area contributed by atoms with Crippen LogP contribution in [0, 0.1) is 0 Å². The van der Waals surface area contributed by atoms with Crippen LogP contribution >= 0.6 is 15.9 Å². The van der Waals surface area contributed by atoms with E-state index in [1.54, 1.807) is 0 Å². The molecule has 0 aliphatic carbocycles. The quantitative estimate of drug-likeness (QED) is 0.798. The Hall–Kier alpha value is -1.43. The maximum atomic E-state index is 4.66. The summed E-state index contributed by atoms with van der Waals surface area (Å²) in [6, 6.07) is 1.98. The van der Waals surface area contributed by atoms with Gasteiger partial charge in [0.15, 0.2) is 0 Å². The van der Waals surface area contributed by atoms with Gasteiger partial charge in [0.1, 0.15) is 22.1 Å². The SMILES string of the molecule is CC(C)c1nc(Br)cc(N2CCn3ccnc3C2)n1. The molecule has 0 saturated heterocycles. The molecule has 0 spiro atoms. The number of anilines is 1. The predicted octanol–water partition coefficient (Wildman–Crippen LogP) is 2.58. The fraction of sp³-hybridized carbons (Fsp3) is 0.462. The molecule has 0 aromatic carbocycles. The molecule has 2 aromatic rings. The van der Waals surface area contributed by atoms with Crippen LogP contribution in [0.15, 0.2) is 23.1 Å². The summed E-state index contributed by atoms with van der Waals surface area (Å²) in [5, 5.41) is 0. The van der Waals surface area contributed by atoms with Gasteiger partial charge in [0.2, 0.25) is 0 Å². The van der Waals surface area contributed by atoms with Gasteiger partial charge < -0.3 is 9.47 Å². The Morgan fingerprint density at radius 1 is 1.26 bits per heavy atom. The molecule has 0 N–H and O–H groups in total. The Balaban J connectivity index is 1.91. The molecule has 19 heavy (non-hydrogen) atoms. The van der Waals surface area contributed by atoms with Gasteiger partial charge in [-0.05, 0) is 15.9 Å². The van der Waals surface area contributed by atoms with Crippen molar-refractivity contribution in [1.29, 1.82) is 0 Å². The molecule has 0 saturated carbocycles. The molecule has 0 atom stereocenters. The third-order valence-electron chi connectivity index (χ3n) is 3.28. The molecule has 6 heteroatoms. The van der Waals surface area contributed by atoms with E-state index in [0.717, 1.165) is 41.7 Å². The number of imidazole rings is 1. The average molecular weight is 322 g/mol. The molecule has 1 aliphatic heterocycles. The van der Waals surface area contributed by atoms with Gasteiger partial charge in [-0.2, -0.15) is 0 Å². The number of hydrogen-bond donors (Lipinski definition) is 0. The number of aromatic nitrogens is 4. The molecule has 0 radical (unpaired) electrons. The van der Waals surface area contributed by atoms with Crippen LogP contribution in [0.1, 0.15) is 31.4 Å². The summed E-state index contributed by atoms with van der Waals surface area (Å²) >= 11 is 3.47. The number of halogens is 1. The van der Waals surface area contributed by atoms with Crippen molar-refractivity contribution in [2.45, 2.75) is 32.9 Å². The van der Waals surface area contributed by atoms with E-state index in [2.05, 4.69) is 54.2 Å². The number of fused-ring (bicyclic) bond motifs is 1. The molecular weight excluding hydrogens is 306 g/mol. The van der Waals surface area contributed by atoms with Crippen LogP contribution < -0.4 is 4.90 Å². The largest absolute Gasteiger partial charge is 0.347 e. The van der Waals surface area contributed by atoms with Crippen molar-refractivity contribution in [1.82, 2.24) is 19.5 Å². The molecule has 0 amide bonds. The van der Waals surface area contributed by atoms with E-state index in [0.29, 0.717) is 5.92 Å². The predicted molar refractivity (Wildman–Crippen MR) is 77.1 cm³/mol. The minimum absolute atomic E-state index is 0.322. The highest BCUT2D eigenvalue weighted by Crippen LogP contribution is 2.23. The molecule has 3 heterocycles. The summed E-state index contributed by atoms with van der Waals surface area (Å²) in [6.45, 7) is 6.91. The molecule has 100 valence electrons. The van der Waals surface area contributed by atoms with Crippen LogP contribution in [0.4, 0.5) is 5.82 Å². The van der Waals surface area contributed by atoms with Crippen molar-refractivity contribution >= 4 is 21.7 Å². The van der Waals surface area contributed by atoms with Gasteiger partial charge in [-0.25, -0.2) is 15.0 Å². The van der Waals surface area contributed by atoms with Crippen molar-refractivity contribution in [3.63, 3.8) is 0 Å². The second-order valence-electron chi connectivity index (χ2n) is 5.02. The first-order valence-corrected chi connectivity index (χ1v) is 7.22. The highest BCUT2D eigenvalue weighted by molar-refractivity contribution is 9.10. The van der Waals surface area contributed by atoms with Crippen molar-refractivity contribution in [3.05, 3.63) is 34.7 Å². The summed E-state index contributed by atoms with van der Waals surface area (Å²) in [5.41, 5.74) is 0. The Morgan fingerprint density at radius 3 is 2.89 bits per heavy atom. The monoisotopic (exact) mass is 321 g/mol. The van der Waals surface area contributed by atoms with Crippen LogP contribution in [0.2, 0.25) is 0 Å². The Morgan fingerprint density at radius 2 is 2.11 bits per heavy atom.